The zero-order valence-corrected chi connectivity index (χ0v) is 14.5. The molecule has 0 radical (unpaired) electrons. The molecule has 4 rings (SSSR count). The van der Waals surface area contributed by atoms with E-state index in [9.17, 15) is 4.79 Å². The molecule has 0 aliphatic carbocycles. The lowest BCUT2D eigenvalue weighted by Crippen LogP contribution is -2.32. The predicted molar refractivity (Wildman–Crippen MR) is 103 cm³/mol. The zero-order chi connectivity index (χ0) is 17.8. The number of hydrogen-bond acceptors (Lipinski definition) is 2. The molecule has 0 fully saturated rings. The fraction of sp³-hybridized carbons (Fsp3) is 0.130. The fourth-order valence-corrected chi connectivity index (χ4v) is 3.22. The van der Waals surface area contributed by atoms with E-state index < -0.39 is 6.04 Å². The van der Waals surface area contributed by atoms with Gasteiger partial charge in [0.2, 0.25) is 0 Å². The van der Waals surface area contributed by atoms with Gasteiger partial charge in [-0.2, -0.15) is 0 Å². The molecule has 1 heterocycles. The van der Waals surface area contributed by atoms with E-state index in [0.717, 1.165) is 22.6 Å². The first-order valence-electron chi connectivity index (χ1n) is 8.85. The van der Waals surface area contributed by atoms with Gasteiger partial charge < -0.3 is 4.90 Å². The lowest BCUT2D eigenvalue weighted by molar-refractivity contribution is -0.129. The molecule has 3 heteroatoms. The van der Waals surface area contributed by atoms with Gasteiger partial charge in [0.15, 0.2) is 6.04 Å². The second kappa shape index (κ2) is 7.36. The average molecular weight is 340 g/mol. The highest BCUT2D eigenvalue weighted by Gasteiger charge is 2.25. The maximum atomic E-state index is 13.2. The van der Waals surface area contributed by atoms with Crippen molar-refractivity contribution in [3.05, 3.63) is 107 Å². The van der Waals surface area contributed by atoms with E-state index in [1.807, 2.05) is 83.9 Å². The molecule has 26 heavy (non-hydrogen) atoms. The Kier molecular flexibility index (Phi) is 4.61. The van der Waals surface area contributed by atoms with Crippen LogP contribution < -0.4 is 10.6 Å². The maximum absolute atomic E-state index is 13.2. The molecular formula is C23H20N2O. The first-order chi connectivity index (χ1) is 12.8. The van der Waals surface area contributed by atoms with Crippen LogP contribution in [0.3, 0.4) is 0 Å². The highest BCUT2D eigenvalue weighted by atomic mass is 16.2. The van der Waals surface area contributed by atoms with Crippen molar-refractivity contribution in [2.75, 3.05) is 6.54 Å². The minimum Gasteiger partial charge on any atom is -0.316 e. The Labute approximate surface area is 152 Å². The smallest absolute Gasteiger partial charge is 0.255 e. The number of carbonyl (C=O) groups is 1. The number of benzene rings is 3. The molecule has 1 aliphatic rings. The van der Waals surface area contributed by atoms with Gasteiger partial charge in [-0.1, -0.05) is 78.9 Å². The molecular weight excluding hydrogens is 320 g/mol. The van der Waals surface area contributed by atoms with Crippen molar-refractivity contribution in [1.29, 1.82) is 0 Å². The second-order valence-electron chi connectivity index (χ2n) is 6.40. The minimum atomic E-state index is -0.508. The molecule has 3 nitrogen and oxygen atoms in total. The Bertz CT molecular complexity index is 1010. The molecule has 1 amide bonds. The summed E-state index contributed by atoms with van der Waals surface area (Å²) < 4.78 is 0. The highest BCUT2D eigenvalue weighted by Crippen LogP contribution is 2.21. The van der Waals surface area contributed by atoms with Gasteiger partial charge in [0.25, 0.3) is 5.91 Å². The van der Waals surface area contributed by atoms with Crippen LogP contribution in [0.2, 0.25) is 0 Å². The van der Waals surface area contributed by atoms with Gasteiger partial charge >= 0.3 is 0 Å². The van der Waals surface area contributed by atoms with E-state index in [2.05, 4.69) is 12.1 Å². The Hall–Kier alpha value is -3.20. The molecule has 3 aromatic carbocycles. The summed E-state index contributed by atoms with van der Waals surface area (Å²) in [7, 11) is 0. The summed E-state index contributed by atoms with van der Waals surface area (Å²) in [5, 5.41) is 1.84. The first-order valence-corrected chi connectivity index (χ1v) is 8.85. The Balaban J connectivity index is 1.72. The van der Waals surface area contributed by atoms with Crippen molar-refractivity contribution in [1.82, 2.24) is 4.90 Å². The molecule has 1 atom stereocenters. The van der Waals surface area contributed by atoms with E-state index in [4.69, 9.17) is 4.99 Å². The van der Waals surface area contributed by atoms with Crippen LogP contribution in [0.4, 0.5) is 0 Å². The van der Waals surface area contributed by atoms with Crippen molar-refractivity contribution in [2.45, 2.75) is 12.5 Å². The van der Waals surface area contributed by atoms with Gasteiger partial charge in [-0.25, -0.2) is 0 Å². The quantitative estimate of drug-likeness (QED) is 0.719. The van der Waals surface area contributed by atoms with Crippen molar-refractivity contribution >= 4 is 12.1 Å². The van der Waals surface area contributed by atoms with Crippen molar-refractivity contribution < 1.29 is 4.79 Å². The minimum absolute atomic E-state index is 0.0170. The molecule has 0 aromatic heterocycles. The summed E-state index contributed by atoms with van der Waals surface area (Å²) in [6.07, 6.45) is 2.75. The van der Waals surface area contributed by atoms with Gasteiger partial charge in [-0.05, 0) is 23.6 Å². The SMILES string of the molecule is O=C1C(c2ccccc2)N=c2ccccc2=CN1CCc1ccccc1. The lowest BCUT2D eigenvalue weighted by atomic mass is 10.1. The average Bonchev–Trinajstić information content (AvgIpc) is 2.84. The molecule has 128 valence electrons. The third kappa shape index (κ3) is 3.42. The summed E-state index contributed by atoms with van der Waals surface area (Å²) in [4.78, 5) is 19.8. The van der Waals surface area contributed by atoms with Crippen LogP contribution in [0.25, 0.3) is 6.20 Å². The van der Waals surface area contributed by atoms with Gasteiger partial charge in [-0.3, -0.25) is 9.79 Å². The standard InChI is InChI=1S/C23H20N2O/c26-23-22(19-11-5-2-6-12-19)24-21-14-8-7-13-20(21)17-25(23)16-15-18-9-3-1-4-10-18/h1-14,17,22H,15-16H2. The Morgan fingerprint density at radius 3 is 2.23 bits per heavy atom. The van der Waals surface area contributed by atoms with E-state index in [-0.39, 0.29) is 5.91 Å². The summed E-state index contributed by atoms with van der Waals surface area (Å²) >= 11 is 0. The number of amides is 1. The zero-order valence-electron chi connectivity index (χ0n) is 14.5. The van der Waals surface area contributed by atoms with Crippen LogP contribution in [-0.2, 0) is 11.2 Å². The van der Waals surface area contributed by atoms with E-state index >= 15 is 0 Å². The summed E-state index contributed by atoms with van der Waals surface area (Å²) in [6.45, 7) is 0.635. The van der Waals surface area contributed by atoms with Gasteiger partial charge in [0.1, 0.15) is 0 Å². The van der Waals surface area contributed by atoms with E-state index in [1.165, 1.54) is 5.56 Å². The highest BCUT2D eigenvalue weighted by molar-refractivity contribution is 5.87. The van der Waals surface area contributed by atoms with Crippen molar-refractivity contribution in [3.63, 3.8) is 0 Å². The fourth-order valence-electron chi connectivity index (χ4n) is 3.22. The molecule has 0 saturated heterocycles. The number of nitrogens with zero attached hydrogens (tertiary/aromatic N) is 2. The molecule has 0 saturated carbocycles. The molecule has 0 bridgehead atoms. The van der Waals surface area contributed by atoms with Gasteiger partial charge in [0, 0.05) is 18.0 Å². The Morgan fingerprint density at radius 2 is 1.46 bits per heavy atom. The molecule has 1 aliphatic heterocycles. The van der Waals surface area contributed by atoms with Crippen LogP contribution in [-0.4, -0.2) is 17.4 Å². The number of carbonyl (C=O) groups excluding carboxylic acids is 1. The molecule has 0 N–H and O–H groups in total. The van der Waals surface area contributed by atoms with Crippen LogP contribution >= 0.6 is 0 Å². The summed E-state index contributed by atoms with van der Waals surface area (Å²) in [6, 6.07) is 27.5. The normalized spacial score (nSPS) is 16.2. The van der Waals surface area contributed by atoms with Crippen molar-refractivity contribution in [3.8, 4) is 0 Å². The summed E-state index contributed by atoms with van der Waals surface area (Å²) in [5.74, 6) is 0.0170. The maximum Gasteiger partial charge on any atom is 0.255 e. The van der Waals surface area contributed by atoms with E-state index in [1.54, 1.807) is 0 Å². The largest absolute Gasteiger partial charge is 0.316 e. The molecule has 0 spiro atoms. The third-order valence-corrected chi connectivity index (χ3v) is 4.62. The lowest BCUT2D eigenvalue weighted by Gasteiger charge is -2.21. The van der Waals surface area contributed by atoms with Gasteiger partial charge in [-0.15, -0.1) is 0 Å². The van der Waals surface area contributed by atoms with Crippen LogP contribution in [0.15, 0.2) is 89.9 Å². The second-order valence-corrected chi connectivity index (χ2v) is 6.40. The Morgan fingerprint density at radius 1 is 0.808 bits per heavy atom. The van der Waals surface area contributed by atoms with Crippen LogP contribution in [0.5, 0.6) is 0 Å². The first kappa shape index (κ1) is 16.3. The van der Waals surface area contributed by atoms with Crippen LogP contribution in [0, 0.1) is 0 Å². The number of hydrogen-bond donors (Lipinski definition) is 0. The number of para-hydroxylation sites is 1. The number of fused-ring (bicyclic) bond motifs is 1. The molecule has 1 unspecified atom stereocenters. The monoisotopic (exact) mass is 340 g/mol. The predicted octanol–water partition coefficient (Wildman–Crippen LogP) is 2.87. The molecule has 3 aromatic rings. The third-order valence-electron chi connectivity index (χ3n) is 4.62. The van der Waals surface area contributed by atoms with Gasteiger partial charge in [0.05, 0.1) is 5.36 Å². The van der Waals surface area contributed by atoms with Crippen molar-refractivity contribution in [2.24, 2.45) is 4.99 Å². The summed E-state index contributed by atoms with van der Waals surface area (Å²) in [5.41, 5.74) is 2.15. The van der Waals surface area contributed by atoms with E-state index in [0.29, 0.717) is 6.54 Å². The topological polar surface area (TPSA) is 32.7 Å². The van der Waals surface area contributed by atoms with Crippen LogP contribution in [0.1, 0.15) is 17.2 Å². The number of rotatable bonds is 4.